The maximum atomic E-state index is 12.6. The number of nitrogens with two attached hydrogens (primary N) is 1. The Morgan fingerprint density at radius 3 is 2.67 bits per heavy atom. The number of fused-ring (bicyclic) bond motifs is 1. The second-order valence-electron chi connectivity index (χ2n) is 5.55. The van der Waals surface area contributed by atoms with Crippen molar-refractivity contribution in [1.82, 2.24) is 4.90 Å². The summed E-state index contributed by atoms with van der Waals surface area (Å²) in [5.41, 5.74) is 7.12. The normalized spacial score (nSPS) is 15.2. The number of benzene rings is 1. The molecule has 1 aliphatic heterocycles. The van der Waals surface area contributed by atoms with Crippen molar-refractivity contribution >= 4 is 23.7 Å². The fraction of sp³-hybridized carbons (Fsp3) is 0.438. The maximum absolute atomic E-state index is 12.6. The smallest absolute Gasteiger partial charge is 0.407 e. The molecule has 0 spiro atoms. The van der Waals surface area contributed by atoms with Gasteiger partial charge < -0.3 is 25.4 Å². The van der Waals surface area contributed by atoms with E-state index in [0.717, 1.165) is 5.56 Å². The minimum Gasteiger partial charge on any atom is -0.468 e. The van der Waals surface area contributed by atoms with Crippen molar-refractivity contribution in [1.29, 1.82) is 0 Å². The lowest BCUT2D eigenvalue weighted by Gasteiger charge is -2.23. The summed E-state index contributed by atoms with van der Waals surface area (Å²) >= 11 is 0. The second-order valence-corrected chi connectivity index (χ2v) is 5.55. The van der Waals surface area contributed by atoms with Crippen LogP contribution < -0.4 is 10.6 Å². The predicted octanol–water partition coefficient (Wildman–Crippen LogP) is 0.794. The molecule has 2 amide bonds. The van der Waals surface area contributed by atoms with Gasteiger partial charge in [-0.25, -0.2) is 4.79 Å². The Labute approximate surface area is 139 Å². The Morgan fingerprint density at radius 1 is 1.29 bits per heavy atom. The van der Waals surface area contributed by atoms with Gasteiger partial charge >= 0.3 is 12.1 Å². The molecule has 0 aliphatic carbocycles. The van der Waals surface area contributed by atoms with Crippen LogP contribution in [0, 0.1) is 0 Å². The van der Waals surface area contributed by atoms with Gasteiger partial charge in [-0.1, -0.05) is 18.2 Å². The van der Waals surface area contributed by atoms with Gasteiger partial charge in [-0.3, -0.25) is 9.59 Å². The van der Waals surface area contributed by atoms with Crippen LogP contribution in [0.25, 0.3) is 0 Å². The number of ether oxygens (including phenoxy) is 1. The van der Waals surface area contributed by atoms with Crippen LogP contribution in [0.15, 0.2) is 24.3 Å². The highest BCUT2D eigenvalue weighted by molar-refractivity contribution is 5.94. The van der Waals surface area contributed by atoms with Crippen molar-refractivity contribution in [3.63, 3.8) is 0 Å². The molecule has 0 radical (unpaired) electrons. The van der Waals surface area contributed by atoms with Gasteiger partial charge in [0.15, 0.2) is 0 Å². The molecule has 1 heterocycles. The van der Waals surface area contributed by atoms with E-state index in [1.807, 2.05) is 0 Å². The average molecular weight is 335 g/mol. The Morgan fingerprint density at radius 2 is 2.00 bits per heavy atom. The molecule has 8 heteroatoms. The lowest BCUT2D eigenvalue weighted by Crippen LogP contribution is -2.39. The number of hydrogen-bond donors (Lipinski definition) is 2. The number of carboxylic acid groups (broad SMARTS) is 1. The third kappa shape index (κ3) is 4.02. The van der Waals surface area contributed by atoms with Crippen LogP contribution in [0.2, 0.25) is 0 Å². The summed E-state index contributed by atoms with van der Waals surface area (Å²) in [4.78, 5) is 38.0. The zero-order valence-electron chi connectivity index (χ0n) is 13.5. The average Bonchev–Trinajstić information content (AvgIpc) is 2.78. The summed E-state index contributed by atoms with van der Waals surface area (Å²) in [5.74, 6) is -0.759. The van der Waals surface area contributed by atoms with Crippen molar-refractivity contribution < 1.29 is 24.2 Å². The van der Waals surface area contributed by atoms with E-state index in [0.29, 0.717) is 5.69 Å². The molecular weight excluding hydrogens is 314 g/mol. The van der Waals surface area contributed by atoms with E-state index in [1.165, 1.54) is 12.0 Å². The quantitative estimate of drug-likeness (QED) is 0.787. The first kappa shape index (κ1) is 17.7. The lowest BCUT2D eigenvalue weighted by molar-refractivity contribution is -0.142. The Balaban J connectivity index is 2.13. The van der Waals surface area contributed by atoms with E-state index in [9.17, 15) is 19.5 Å². The van der Waals surface area contributed by atoms with Crippen molar-refractivity contribution in [2.75, 3.05) is 25.1 Å². The van der Waals surface area contributed by atoms with E-state index in [-0.39, 0.29) is 38.4 Å². The second kappa shape index (κ2) is 7.78. The summed E-state index contributed by atoms with van der Waals surface area (Å²) in [6.07, 6.45) is -0.767. The van der Waals surface area contributed by atoms with Crippen molar-refractivity contribution in [2.24, 2.45) is 5.73 Å². The van der Waals surface area contributed by atoms with Gasteiger partial charge in [0.25, 0.3) is 0 Å². The monoisotopic (exact) mass is 335 g/mol. The molecule has 0 fully saturated rings. The molecule has 0 bridgehead atoms. The molecule has 3 N–H and O–H groups in total. The third-order valence-electron chi connectivity index (χ3n) is 3.98. The van der Waals surface area contributed by atoms with Gasteiger partial charge in [-0.05, 0) is 18.1 Å². The summed E-state index contributed by atoms with van der Waals surface area (Å²) in [6, 6.07) is 6.35. The third-order valence-corrected chi connectivity index (χ3v) is 3.98. The topological polar surface area (TPSA) is 113 Å². The first-order valence-corrected chi connectivity index (χ1v) is 7.63. The van der Waals surface area contributed by atoms with Crippen LogP contribution in [-0.2, 0) is 20.9 Å². The molecular formula is C16H21N3O5. The molecule has 1 aliphatic rings. The minimum absolute atomic E-state index is 0.0810. The van der Waals surface area contributed by atoms with Gasteiger partial charge in [-0.15, -0.1) is 0 Å². The predicted molar refractivity (Wildman–Crippen MR) is 86.5 cm³/mol. The SMILES string of the molecule is COC(=O)[C@@H](N)CCC(=O)N1CCN(C(=O)O)Cc2ccccc21. The molecule has 24 heavy (non-hydrogen) atoms. The number of rotatable bonds is 4. The highest BCUT2D eigenvalue weighted by Gasteiger charge is 2.26. The highest BCUT2D eigenvalue weighted by Crippen LogP contribution is 2.26. The zero-order chi connectivity index (χ0) is 17.7. The van der Waals surface area contributed by atoms with E-state index >= 15 is 0 Å². The van der Waals surface area contributed by atoms with E-state index in [4.69, 9.17) is 5.73 Å². The number of nitrogens with zero attached hydrogens (tertiary/aromatic N) is 2. The number of carbonyl (C=O) groups is 3. The molecule has 1 aromatic rings. The number of para-hydroxylation sites is 1. The van der Waals surface area contributed by atoms with E-state index < -0.39 is 18.1 Å². The fourth-order valence-corrected chi connectivity index (χ4v) is 2.64. The van der Waals surface area contributed by atoms with Gasteiger partial charge in [-0.2, -0.15) is 0 Å². The fourth-order valence-electron chi connectivity index (χ4n) is 2.64. The number of esters is 1. The van der Waals surface area contributed by atoms with Crippen molar-refractivity contribution in [3.05, 3.63) is 29.8 Å². The molecule has 1 atom stereocenters. The Hall–Kier alpha value is -2.61. The van der Waals surface area contributed by atoms with Crippen molar-refractivity contribution in [3.8, 4) is 0 Å². The molecule has 0 saturated carbocycles. The molecule has 0 aromatic heterocycles. The standard InChI is InChI=1S/C16H21N3O5/c1-24-15(21)12(17)6-7-14(20)19-9-8-18(16(22)23)10-11-4-2-3-5-13(11)19/h2-5,12H,6-10,17H2,1H3,(H,22,23)/t12-/m0/s1. The highest BCUT2D eigenvalue weighted by atomic mass is 16.5. The van der Waals surface area contributed by atoms with E-state index in [1.54, 1.807) is 29.2 Å². The largest absolute Gasteiger partial charge is 0.468 e. The number of anilines is 1. The molecule has 2 rings (SSSR count). The number of amides is 2. The van der Waals surface area contributed by atoms with Crippen LogP contribution in [0.4, 0.5) is 10.5 Å². The summed E-state index contributed by atoms with van der Waals surface area (Å²) in [7, 11) is 1.25. The molecule has 8 nitrogen and oxygen atoms in total. The van der Waals surface area contributed by atoms with Gasteiger partial charge in [0.2, 0.25) is 5.91 Å². The molecule has 130 valence electrons. The van der Waals surface area contributed by atoms with Gasteiger partial charge in [0.1, 0.15) is 6.04 Å². The van der Waals surface area contributed by atoms with E-state index in [2.05, 4.69) is 4.74 Å². The van der Waals surface area contributed by atoms with Crippen LogP contribution in [0.1, 0.15) is 18.4 Å². The van der Waals surface area contributed by atoms with Crippen LogP contribution >= 0.6 is 0 Å². The molecule has 1 aromatic carbocycles. The summed E-state index contributed by atoms with van der Waals surface area (Å²) in [6.45, 7) is 0.714. The Bertz CT molecular complexity index is 634. The molecule has 0 saturated heterocycles. The van der Waals surface area contributed by atoms with Gasteiger partial charge in [0.05, 0.1) is 13.7 Å². The van der Waals surface area contributed by atoms with Crippen LogP contribution in [0.3, 0.4) is 0 Å². The first-order valence-electron chi connectivity index (χ1n) is 7.63. The summed E-state index contributed by atoms with van der Waals surface area (Å²) in [5, 5.41) is 9.23. The minimum atomic E-state index is -1.02. The van der Waals surface area contributed by atoms with Crippen molar-refractivity contribution in [2.45, 2.75) is 25.4 Å². The maximum Gasteiger partial charge on any atom is 0.407 e. The zero-order valence-corrected chi connectivity index (χ0v) is 13.5. The number of methoxy groups -OCH3 is 1. The molecule has 0 unspecified atom stereocenters. The summed E-state index contributed by atoms with van der Waals surface area (Å²) < 4.78 is 4.55. The van der Waals surface area contributed by atoms with Crippen LogP contribution in [0.5, 0.6) is 0 Å². The Kier molecular flexibility index (Phi) is 5.75. The first-order chi connectivity index (χ1) is 11.4. The van der Waals surface area contributed by atoms with Crippen LogP contribution in [-0.4, -0.2) is 54.2 Å². The van der Waals surface area contributed by atoms with Gasteiger partial charge in [0, 0.05) is 25.2 Å². The lowest BCUT2D eigenvalue weighted by atomic mass is 10.1. The number of carbonyl (C=O) groups excluding carboxylic acids is 2. The number of hydrogen-bond acceptors (Lipinski definition) is 5.